The number of anilines is 1. The summed E-state index contributed by atoms with van der Waals surface area (Å²) < 4.78 is 32.0. The number of rotatable bonds is 7. The second-order valence-electron chi connectivity index (χ2n) is 10.4. The Morgan fingerprint density at radius 1 is 1.23 bits per heavy atom. The third-order valence-corrected chi connectivity index (χ3v) is 9.50. The lowest BCUT2D eigenvalue weighted by atomic mass is 10.1. The van der Waals surface area contributed by atoms with Crippen molar-refractivity contribution in [3.63, 3.8) is 0 Å². The van der Waals surface area contributed by atoms with Crippen molar-refractivity contribution < 1.29 is 17.9 Å². The van der Waals surface area contributed by atoms with Crippen molar-refractivity contribution in [2.24, 2.45) is 0 Å². The number of nitrogens with one attached hydrogen (secondary N) is 1. The first-order chi connectivity index (χ1) is 18.7. The molecular formula is C28H34ClN5O4S. The highest BCUT2D eigenvalue weighted by molar-refractivity contribution is 7.91. The Bertz CT molecular complexity index is 1470. The van der Waals surface area contributed by atoms with Crippen LogP contribution in [0.25, 0.3) is 11.0 Å². The Labute approximate surface area is 234 Å². The summed E-state index contributed by atoms with van der Waals surface area (Å²) in [5.74, 6) is 0.874. The molecule has 0 aliphatic carbocycles. The fraction of sp³-hybridized carbons (Fsp3) is 0.464. The van der Waals surface area contributed by atoms with Gasteiger partial charge in [0.25, 0.3) is 5.91 Å². The molecule has 4 heterocycles. The quantitative estimate of drug-likeness (QED) is 0.405. The SMILES string of the molecule is C=CCN1CCCC[C@@H](n2c(NC(=O)c3ccnc(C)c3)nc3ccc(OC4CCS(=O)(=O)CC4)c(Cl)c32)C1. The summed E-state index contributed by atoms with van der Waals surface area (Å²) in [6.07, 6.45) is 7.16. The van der Waals surface area contributed by atoms with E-state index in [4.69, 9.17) is 21.3 Å². The second kappa shape index (κ2) is 11.7. The largest absolute Gasteiger partial charge is 0.489 e. The van der Waals surface area contributed by atoms with Gasteiger partial charge in [0.2, 0.25) is 5.95 Å². The molecule has 11 heteroatoms. The van der Waals surface area contributed by atoms with Crippen LogP contribution < -0.4 is 10.1 Å². The highest BCUT2D eigenvalue weighted by Crippen LogP contribution is 2.39. The topological polar surface area (TPSA) is 106 Å². The number of aryl methyl sites for hydroxylation is 1. The number of fused-ring (bicyclic) bond motifs is 1. The van der Waals surface area contributed by atoms with E-state index in [0.29, 0.717) is 46.2 Å². The standard InChI is InChI=1S/C28H34ClN5O4S/c1-3-13-33-14-5-4-6-21(18-33)34-26-23(31-28(34)32-27(35)20-9-12-30-19(2)17-20)7-8-24(25(26)29)38-22-10-15-39(36,37)16-11-22/h3,7-9,12,17,21-22H,1,4-6,10-11,13-16,18H2,2H3,(H,31,32,35)/t21-/m1/s1. The van der Waals surface area contributed by atoms with E-state index in [9.17, 15) is 13.2 Å². The molecule has 0 spiro atoms. The first kappa shape index (κ1) is 27.6. The van der Waals surface area contributed by atoms with E-state index in [-0.39, 0.29) is 29.6 Å². The summed E-state index contributed by atoms with van der Waals surface area (Å²) in [4.78, 5) is 24.6. The lowest BCUT2D eigenvalue weighted by Crippen LogP contribution is -2.31. The summed E-state index contributed by atoms with van der Waals surface area (Å²) in [7, 11) is -3.00. The third kappa shape index (κ3) is 6.28. The average Bonchev–Trinajstić information content (AvgIpc) is 3.10. The zero-order chi connectivity index (χ0) is 27.6. The minimum absolute atomic E-state index is 0.0134. The molecule has 1 atom stereocenters. The van der Waals surface area contributed by atoms with Crippen molar-refractivity contribution in [1.29, 1.82) is 0 Å². The van der Waals surface area contributed by atoms with Crippen LogP contribution in [0.4, 0.5) is 5.95 Å². The zero-order valence-corrected chi connectivity index (χ0v) is 23.7. The maximum absolute atomic E-state index is 13.3. The number of hydrogen-bond donors (Lipinski definition) is 1. The molecule has 2 fully saturated rings. The number of sulfone groups is 1. The van der Waals surface area contributed by atoms with Crippen LogP contribution >= 0.6 is 11.6 Å². The number of likely N-dealkylation sites (tertiary alicyclic amines) is 1. The van der Waals surface area contributed by atoms with E-state index in [1.165, 1.54) is 0 Å². The molecule has 2 aromatic heterocycles. The molecule has 2 aliphatic rings. The van der Waals surface area contributed by atoms with Gasteiger partial charge in [0, 0.05) is 36.6 Å². The van der Waals surface area contributed by atoms with Crippen molar-refractivity contribution in [3.05, 3.63) is 59.4 Å². The summed E-state index contributed by atoms with van der Waals surface area (Å²) in [6.45, 7) is 8.26. The number of aromatic nitrogens is 3. The molecule has 1 N–H and O–H groups in total. The van der Waals surface area contributed by atoms with Crippen molar-refractivity contribution in [2.75, 3.05) is 36.5 Å². The van der Waals surface area contributed by atoms with Gasteiger partial charge in [-0.25, -0.2) is 13.4 Å². The van der Waals surface area contributed by atoms with Gasteiger partial charge in [0.05, 0.1) is 22.5 Å². The highest BCUT2D eigenvalue weighted by atomic mass is 35.5. The van der Waals surface area contributed by atoms with Crippen LogP contribution in [0.2, 0.25) is 5.02 Å². The number of pyridine rings is 1. The average molecular weight is 572 g/mol. The van der Waals surface area contributed by atoms with Crippen LogP contribution in [0.1, 0.15) is 54.2 Å². The molecule has 39 heavy (non-hydrogen) atoms. The Balaban J connectivity index is 1.54. The Morgan fingerprint density at radius 2 is 2.03 bits per heavy atom. The van der Waals surface area contributed by atoms with Crippen molar-refractivity contribution in [3.8, 4) is 5.75 Å². The van der Waals surface area contributed by atoms with Crippen molar-refractivity contribution >= 4 is 44.3 Å². The molecule has 0 radical (unpaired) electrons. The fourth-order valence-electron chi connectivity index (χ4n) is 5.45. The number of carbonyl (C=O) groups is 1. The number of imidazole rings is 1. The fourth-order valence-corrected chi connectivity index (χ4v) is 7.19. The van der Waals surface area contributed by atoms with Gasteiger partial charge < -0.3 is 9.30 Å². The van der Waals surface area contributed by atoms with Crippen LogP contribution in [0.5, 0.6) is 5.75 Å². The zero-order valence-electron chi connectivity index (χ0n) is 22.1. The molecule has 0 bridgehead atoms. The molecule has 2 saturated heterocycles. The number of hydrogen-bond acceptors (Lipinski definition) is 7. The first-order valence-electron chi connectivity index (χ1n) is 13.4. The van der Waals surface area contributed by atoms with E-state index in [2.05, 4.69) is 21.8 Å². The lowest BCUT2D eigenvalue weighted by Gasteiger charge is -2.27. The van der Waals surface area contributed by atoms with Gasteiger partial charge in [-0.05, 0) is 63.4 Å². The molecule has 208 valence electrons. The number of benzene rings is 1. The van der Waals surface area contributed by atoms with Gasteiger partial charge in [-0.3, -0.25) is 20.0 Å². The highest BCUT2D eigenvalue weighted by Gasteiger charge is 2.29. The summed E-state index contributed by atoms with van der Waals surface area (Å²) in [5.41, 5.74) is 2.60. The van der Waals surface area contributed by atoms with Crippen LogP contribution in [0.3, 0.4) is 0 Å². The van der Waals surface area contributed by atoms with Gasteiger partial charge in [-0.2, -0.15) is 0 Å². The van der Waals surface area contributed by atoms with Crippen molar-refractivity contribution in [2.45, 2.75) is 51.2 Å². The summed E-state index contributed by atoms with van der Waals surface area (Å²) in [5, 5.41) is 3.44. The van der Waals surface area contributed by atoms with Crippen LogP contribution in [0.15, 0.2) is 43.1 Å². The minimum atomic E-state index is -3.00. The number of amides is 1. The van der Waals surface area contributed by atoms with Crippen molar-refractivity contribution in [1.82, 2.24) is 19.4 Å². The molecule has 3 aromatic rings. The molecular weight excluding hydrogens is 538 g/mol. The van der Waals surface area contributed by atoms with E-state index >= 15 is 0 Å². The number of nitrogens with zero attached hydrogens (tertiary/aromatic N) is 4. The van der Waals surface area contributed by atoms with E-state index in [1.807, 2.05) is 23.6 Å². The molecule has 2 aliphatic heterocycles. The molecule has 0 unspecified atom stereocenters. The number of carbonyl (C=O) groups excluding carboxylic acids is 1. The van der Waals surface area contributed by atoms with Crippen LogP contribution in [-0.4, -0.2) is 71.0 Å². The first-order valence-corrected chi connectivity index (χ1v) is 15.6. The molecule has 9 nitrogen and oxygen atoms in total. The Hall–Kier alpha value is -2.95. The lowest BCUT2D eigenvalue weighted by molar-refractivity contribution is 0.102. The van der Waals surface area contributed by atoms with E-state index in [0.717, 1.165) is 44.6 Å². The molecule has 0 saturated carbocycles. The normalized spacial score (nSPS) is 20.4. The van der Waals surface area contributed by atoms with E-state index in [1.54, 1.807) is 24.4 Å². The van der Waals surface area contributed by atoms with Gasteiger partial charge in [-0.1, -0.05) is 24.1 Å². The second-order valence-corrected chi connectivity index (χ2v) is 13.0. The van der Waals surface area contributed by atoms with Crippen LogP contribution in [0, 0.1) is 6.92 Å². The maximum Gasteiger partial charge on any atom is 0.258 e. The number of halogens is 1. The van der Waals surface area contributed by atoms with Gasteiger partial charge in [0.1, 0.15) is 16.9 Å². The van der Waals surface area contributed by atoms with Gasteiger partial charge >= 0.3 is 0 Å². The minimum Gasteiger partial charge on any atom is -0.489 e. The smallest absolute Gasteiger partial charge is 0.258 e. The molecule has 1 aromatic carbocycles. The summed E-state index contributed by atoms with van der Waals surface area (Å²) >= 11 is 7.01. The predicted molar refractivity (Wildman–Crippen MR) is 153 cm³/mol. The number of ether oxygens (including phenoxy) is 1. The Morgan fingerprint density at radius 3 is 2.77 bits per heavy atom. The predicted octanol–water partition coefficient (Wildman–Crippen LogP) is 4.81. The maximum atomic E-state index is 13.3. The van der Waals surface area contributed by atoms with Crippen LogP contribution in [-0.2, 0) is 9.84 Å². The van der Waals surface area contributed by atoms with E-state index < -0.39 is 9.84 Å². The monoisotopic (exact) mass is 571 g/mol. The van der Waals surface area contributed by atoms with Gasteiger partial charge in [-0.15, -0.1) is 6.58 Å². The summed E-state index contributed by atoms with van der Waals surface area (Å²) in [6, 6.07) is 7.05. The Kier molecular flexibility index (Phi) is 8.25. The molecule has 1 amide bonds. The third-order valence-electron chi connectivity index (χ3n) is 7.42. The molecule has 5 rings (SSSR count). The van der Waals surface area contributed by atoms with Gasteiger partial charge in [0.15, 0.2) is 9.84 Å².